The molecule has 0 saturated heterocycles. The molecule has 2 aromatic rings. The summed E-state index contributed by atoms with van der Waals surface area (Å²) in [7, 11) is 1.74. The molecule has 0 saturated carbocycles. The van der Waals surface area contributed by atoms with Crippen LogP contribution >= 0.6 is 12.6 Å². The minimum atomic E-state index is 0.00873. The minimum Gasteiger partial charge on any atom is -0.394 e. The first kappa shape index (κ1) is 17.3. The highest BCUT2D eigenvalue weighted by atomic mass is 32.1. The molecule has 0 fully saturated rings. The second-order valence-corrected chi connectivity index (χ2v) is 5.01. The van der Waals surface area contributed by atoms with E-state index in [1.54, 1.807) is 7.05 Å². The fraction of sp³-hybridized carbons (Fsp3) is 0.357. The summed E-state index contributed by atoms with van der Waals surface area (Å²) in [4.78, 5) is 13.7. The molecule has 0 radical (unpaired) electrons. The van der Waals surface area contributed by atoms with Crippen molar-refractivity contribution in [1.29, 1.82) is 0 Å². The van der Waals surface area contributed by atoms with Crippen molar-refractivity contribution < 1.29 is 9.84 Å². The van der Waals surface area contributed by atoms with Gasteiger partial charge >= 0.3 is 0 Å². The van der Waals surface area contributed by atoms with Gasteiger partial charge in [0.1, 0.15) is 0 Å². The third-order valence-electron chi connectivity index (χ3n) is 2.75. The number of benzene rings is 1. The lowest BCUT2D eigenvalue weighted by Crippen LogP contribution is -2.14. The summed E-state index contributed by atoms with van der Waals surface area (Å²) in [6.45, 7) is 1.30. The van der Waals surface area contributed by atoms with E-state index < -0.39 is 0 Å². The summed E-state index contributed by atoms with van der Waals surface area (Å²) in [5.74, 6) is 1.31. The van der Waals surface area contributed by atoms with E-state index in [2.05, 4.69) is 43.5 Å². The Morgan fingerprint density at radius 2 is 1.74 bits per heavy atom. The van der Waals surface area contributed by atoms with Crippen molar-refractivity contribution >= 4 is 36.2 Å². The van der Waals surface area contributed by atoms with E-state index in [1.165, 1.54) is 0 Å². The maximum absolute atomic E-state index is 8.64. The molecule has 0 unspecified atom stereocenters. The van der Waals surface area contributed by atoms with Crippen LogP contribution in [0.4, 0.5) is 23.5 Å². The van der Waals surface area contributed by atoms with Gasteiger partial charge in [-0.25, -0.2) is 0 Å². The zero-order valence-corrected chi connectivity index (χ0v) is 13.7. The van der Waals surface area contributed by atoms with Gasteiger partial charge in [0.25, 0.3) is 0 Å². The van der Waals surface area contributed by atoms with Crippen LogP contribution in [0.3, 0.4) is 0 Å². The Morgan fingerprint density at radius 3 is 2.43 bits per heavy atom. The van der Waals surface area contributed by atoms with Crippen molar-refractivity contribution in [3.63, 3.8) is 0 Å². The summed E-state index contributed by atoms with van der Waals surface area (Å²) in [6, 6.07) is 7.54. The first-order valence-corrected chi connectivity index (χ1v) is 7.58. The van der Waals surface area contributed by atoms with Crippen molar-refractivity contribution in [3.8, 4) is 0 Å². The molecule has 1 aromatic heterocycles. The van der Waals surface area contributed by atoms with Gasteiger partial charge in [-0.1, -0.05) is 0 Å². The molecule has 0 amide bonds. The van der Waals surface area contributed by atoms with Gasteiger partial charge in [0.15, 0.2) is 0 Å². The summed E-state index contributed by atoms with van der Waals surface area (Å²) in [5.41, 5.74) is 0.855. The van der Waals surface area contributed by atoms with E-state index in [-0.39, 0.29) is 6.61 Å². The van der Waals surface area contributed by atoms with Crippen LogP contribution < -0.4 is 16.0 Å². The molecule has 0 bridgehead atoms. The maximum atomic E-state index is 8.64. The van der Waals surface area contributed by atoms with Crippen LogP contribution in [-0.2, 0) is 4.74 Å². The van der Waals surface area contributed by atoms with Crippen molar-refractivity contribution in [2.24, 2.45) is 0 Å². The van der Waals surface area contributed by atoms with Crippen molar-refractivity contribution in [3.05, 3.63) is 24.3 Å². The van der Waals surface area contributed by atoms with Crippen LogP contribution in [0.2, 0.25) is 0 Å². The quantitative estimate of drug-likeness (QED) is 0.345. The molecule has 0 spiro atoms. The molecule has 0 aliphatic carbocycles. The molecule has 2 rings (SSSR count). The van der Waals surface area contributed by atoms with E-state index in [0.717, 1.165) is 10.6 Å². The third-order valence-corrected chi connectivity index (χ3v) is 3.05. The number of aliphatic hydroxyl groups excluding tert-OH is 1. The largest absolute Gasteiger partial charge is 0.394 e. The highest BCUT2D eigenvalue weighted by Gasteiger charge is 2.06. The van der Waals surface area contributed by atoms with Gasteiger partial charge in [-0.3, -0.25) is 0 Å². The average molecular weight is 336 g/mol. The van der Waals surface area contributed by atoms with E-state index in [1.807, 2.05) is 24.3 Å². The monoisotopic (exact) mass is 336 g/mol. The third kappa shape index (κ3) is 5.89. The van der Waals surface area contributed by atoms with Gasteiger partial charge in [-0.15, -0.1) is 12.6 Å². The average Bonchev–Trinajstić information content (AvgIpc) is 2.56. The molecular formula is C14H20N6O2S. The lowest BCUT2D eigenvalue weighted by molar-refractivity contribution is 0.0991. The number of hydrogen-bond donors (Lipinski definition) is 5. The molecule has 1 heterocycles. The molecule has 8 nitrogen and oxygen atoms in total. The molecule has 1 aromatic carbocycles. The minimum absolute atomic E-state index is 0.00873. The summed E-state index contributed by atoms with van der Waals surface area (Å²) < 4.78 is 5.18. The first-order chi connectivity index (χ1) is 11.2. The van der Waals surface area contributed by atoms with Crippen LogP contribution in [0.15, 0.2) is 29.2 Å². The predicted octanol–water partition coefficient (Wildman–Crippen LogP) is 1.37. The second-order valence-electron chi connectivity index (χ2n) is 4.49. The SMILES string of the molecule is CNc1nc(NCCOCCO)nc(Nc2ccc(S)cc2)n1. The lowest BCUT2D eigenvalue weighted by atomic mass is 10.3. The Kier molecular flexibility index (Phi) is 6.85. The molecule has 4 N–H and O–H groups in total. The molecule has 0 aliphatic rings. The standard InChI is InChI=1S/C14H20N6O2S/c1-15-12-18-13(16-6-8-22-9-7-21)20-14(19-12)17-10-2-4-11(23)5-3-10/h2-5,21,23H,6-9H2,1H3,(H3,15,16,17,18,19,20). The van der Waals surface area contributed by atoms with E-state index in [4.69, 9.17) is 9.84 Å². The Hall–Kier alpha value is -2.10. The number of rotatable bonds is 9. The molecular weight excluding hydrogens is 316 g/mol. The van der Waals surface area contributed by atoms with Crippen LogP contribution in [0.25, 0.3) is 0 Å². The topological polar surface area (TPSA) is 104 Å². The summed E-state index contributed by atoms with van der Waals surface area (Å²) in [5, 5.41) is 17.7. The number of anilines is 4. The lowest BCUT2D eigenvalue weighted by Gasteiger charge is -2.10. The van der Waals surface area contributed by atoms with Crippen molar-refractivity contribution in [2.75, 3.05) is 49.4 Å². The molecule has 9 heteroatoms. The van der Waals surface area contributed by atoms with E-state index in [9.17, 15) is 0 Å². The van der Waals surface area contributed by atoms with Gasteiger partial charge in [-0.2, -0.15) is 15.0 Å². The van der Waals surface area contributed by atoms with Crippen LogP contribution in [0.5, 0.6) is 0 Å². The number of hydrogen-bond acceptors (Lipinski definition) is 9. The number of nitrogens with one attached hydrogen (secondary N) is 3. The maximum Gasteiger partial charge on any atom is 0.233 e. The van der Waals surface area contributed by atoms with Gasteiger partial charge < -0.3 is 25.8 Å². The number of ether oxygens (including phenoxy) is 1. The smallest absolute Gasteiger partial charge is 0.233 e. The zero-order chi connectivity index (χ0) is 16.5. The molecule has 0 atom stereocenters. The molecule has 124 valence electrons. The second kappa shape index (κ2) is 9.13. The Balaban J connectivity index is 2.01. The van der Waals surface area contributed by atoms with Crippen LogP contribution in [0.1, 0.15) is 0 Å². The highest BCUT2D eigenvalue weighted by molar-refractivity contribution is 7.80. The summed E-state index contributed by atoms with van der Waals surface area (Å²) in [6.07, 6.45) is 0. The van der Waals surface area contributed by atoms with Crippen LogP contribution in [0, 0.1) is 0 Å². The predicted molar refractivity (Wildman–Crippen MR) is 92.7 cm³/mol. The Morgan fingerprint density at radius 1 is 1.04 bits per heavy atom. The number of aromatic nitrogens is 3. The van der Waals surface area contributed by atoms with Gasteiger partial charge in [-0.05, 0) is 24.3 Å². The molecule has 0 aliphatic heterocycles. The van der Waals surface area contributed by atoms with Crippen molar-refractivity contribution in [1.82, 2.24) is 15.0 Å². The first-order valence-electron chi connectivity index (χ1n) is 7.13. The number of nitrogens with zero attached hydrogens (tertiary/aromatic N) is 3. The van der Waals surface area contributed by atoms with Gasteiger partial charge in [0.05, 0.1) is 19.8 Å². The fourth-order valence-electron chi connectivity index (χ4n) is 1.70. The highest BCUT2D eigenvalue weighted by Crippen LogP contribution is 2.17. The van der Waals surface area contributed by atoms with Crippen LogP contribution in [-0.4, -0.2) is 53.5 Å². The number of thiol groups is 1. The van der Waals surface area contributed by atoms with E-state index in [0.29, 0.717) is 37.6 Å². The van der Waals surface area contributed by atoms with Gasteiger partial charge in [0.2, 0.25) is 17.8 Å². The number of aliphatic hydroxyl groups is 1. The fourth-order valence-corrected chi connectivity index (χ4v) is 1.85. The van der Waals surface area contributed by atoms with Gasteiger partial charge in [0, 0.05) is 24.2 Å². The normalized spacial score (nSPS) is 10.4. The Labute approximate surface area is 140 Å². The Bertz CT molecular complexity index is 611. The van der Waals surface area contributed by atoms with E-state index >= 15 is 0 Å². The summed E-state index contributed by atoms with van der Waals surface area (Å²) >= 11 is 4.25. The molecule has 23 heavy (non-hydrogen) atoms. The van der Waals surface area contributed by atoms with Crippen molar-refractivity contribution in [2.45, 2.75) is 4.90 Å². The zero-order valence-electron chi connectivity index (χ0n) is 12.8.